The molecule has 0 radical (unpaired) electrons. The molecule has 2 aromatic rings. The number of aromatic nitrogens is 2. The van der Waals surface area contributed by atoms with Crippen molar-refractivity contribution in [2.24, 2.45) is 0 Å². The van der Waals surface area contributed by atoms with Crippen molar-refractivity contribution in [1.29, 1.82) is 0 Å². The lowest BCUT2D eigenvalue weighted by atomic mass is 10.2. The molecule has 6 heteroatoms. The Morgan fingerprint density at radius 3 is 2.90 bits per heavy atom. The second-order valence-corrected chi connectivity index (χ2v) is 5.27. The molecule has 1 heterocycles. The number of hydrogen-bond donors (Lipinski definition) is 1. The van der Waals surface area contributed by atoms with E-state index in [-0.39, 0.29) is 17.7 Å². The monoisotopic (exact) mass is 293 g/mol. The van der Waals surface area contributed by atoms with Gasteiger partial charge >= 0.3 is 0 Å². The lowest BCUT2D eigenvalue weighted by Crippen LogP contribution is -2.24. The fourth-order valence-electron chi connectivity index (χ4n) is 1.93. The topological polar surface area (TPSA) is 46.9 Å². The van der Waals surface area contributed by atoms with Gasteiger partial charge in [-0.15, -0.1) is 0 Å². The van der Waals surface area contributed by atoms with E-state index in [1.54, 1.807) is 12.3 Å². The van der Waals surface area contributed by atoms with Crippen molar-refractivity contribution in [2.75, 3.05) is 5.32 Å². The van der Waals surface area contributed by atoms with Gasteiger partial charge in [-0.1, -0.05) is 17.7 Å². The van der Waals surface area contributed by atoms with Gasteiger partial charge in [0.25, 0.3) is 5.56 Å². The van der Waals surface area contributed by atoms with Gasteiger partial charge in [-0.3, -0.25) is 4.79 Å². The molecule has 1 saturated carbocycles. The Kier molecular flexibility index (Phi) is 3.44. The van der Waals surface area contributed by atoms with Gasteiger partial charge in [-0.05, 0) is 25.0 Å². The molecule has 0 amide bonds. The number of hydrogen-bond acceptors (Lipinski definition) is 3. The normalized spacial score (nSPS) is 14.3. The Morgan fingerprint density at radius 1 is 1.45 bits per heavy atom. The van der Waals surface area contributed by atoms with Crippen LogP contribution in [-0.2, 0) is 6.54 Å². The van der Waals surface area contributed by atoms with Crippen LogP contribution in [0.1, 0.15) is 18.4 Å². The zero-order chi connectivity index (χ0) is 14.1. The summed E-state index contributed by atoms with van der Waals surface area (Å²) in [5.41, 5.74) is 0.690. The minimum absolute atomic E-state index is 0.0219. The zero-order valence-corrected chi connectivity index (χ0v) is 11.4. The minimum atomic E-state index is -0.439. The van der Waals surface area contributed by atoms with Crippen LogP contribution in [0.5, 0.6) is 0 Å². The van der Waals surface area contributed by atoms with E-state index in [9.17, 15) is 9.18 Å². The van der Waals surface area contributed by atoms with Crippen molar-refractivity contribution in [3.63, 3.8) is 0 Å². The average molecular weight is 294 g/mol. The van der Waals surface area contributed by atoms with Gasteiger partial charge in [0.05, 0.1) is 18.4 Å². The van der Waals surface area contributed by atoms with Crippen LogP contribution in [0.4, 0.5) is 10.1 Å². The largest absolute Gasteiger partial charge is 0.381 e. The highest BCUT2D eigenvalue weighted by atomic mass is 35.5. The molecule has 0 unspecified atom stereocenters. The average Bonchev–Trinajstić information content (AvgIpc) is 3.20. The maximum absolute atomic E-state index is 13.7. The standard InChI is InChI=1S/C14H13ClFN3O/c15-12-2-1-3-13(16)11(12)8-19-14(20)6-10(7-17-19)18-9-4-5-9/h1-3,6-7,9,18H,4-5,8H2. The van der Waals surface area contributed by atoms with Crippen LogP contribution in [0, 0.1) is 5.82 Å². The second-order valence-electron chi connectivity index (χ2n) is 4.86. The van der Waals surface area contributed by atoms with E-state index in [0.29, 0.717) is 16.8 Å². The van der Waals surface area contributed by atoms with Crippen molar-refractivity contribution < 1.29 is 4.39 Å². The summed E-state index contributed by atoms with van der Waals surface area (Å²) in [5, 5.41) is 7.54. The van der Waals surface area contributed by atoms with Crippen LogP contribution in [0.25, 0.3) is 0 Å². The highest BCUT2D eigenvalue weighted by Gasteiger charge is 2.21. The lowest BCUT2D eigenvalue weighted by molar-refractivity contribution is 0.572. The van der Waals surface area contributed by atoms with E-state index in [1.807, 2.05) is 0 Å². The van der Waals surface area contributed by atoms with Crippen LogP contribution in [0.15, 0.2) is 35.3 Å². The third kappa shape index (κ3) is 2.82. The first-order chi connectivity index (χ1) is 9.63. The molecule has 1 aliphatic rings. The fraction of sp³-hybridized carbons (Fsp3) is 0.286. The summed E-state index contributed by atoms with van der Waals surface area (Å²) < 4.78 is 14.9. The molecule has 1 aromatic heterocycles. The van der Waals surface area contributed by atoms with Crippen LogP contribution < -0.4 is 10.9 Å². The van der Waals surface area contributed by atoms with Gasteiger partial charge in [-0.25, -0.2) is 9.07 Å². The molecule has 1 aromatic carbocycles. The molecule has 4 nitrogen and oxygen atoms in total. The van der Waals surface area contributed by atoms with Crippen molar-refractivity contribution in [3.8, 4) is 0 Å². The molecule has 1 aliphatic carbocycles. The fourth-order valence-corrected chi connectivity index (χ4v) is 2.15. The van der Waals surface area contributed by atoms with Crippen LogP contribution in [0.3, 0.4) is 0 Å². The quantitative estimate of drug-likeness (QED) is 0.943. The molecule has 0 bridgehead atoms. The SMILES string of the molecule is O=c1cc(NC2CC2)cnn1Cc1c(F)cccc1Cl. The molecule has 20 heavy (non-hydrogen) atoms. The van der Waals surface area contributed by atoms with Gasteiger partial charge < -0.3 is 5.32 Å². The highest BCUT2D eigenvalue weighted by Crippen LogP contribution is 2.23. The van der Waals surface area contributed by atoms with Crippen molar-refractivity contribution in [3.05, 3.63) is 57.2 Å². The molecule has 0 aliphatic heterocycles. The summed E-state index contributed by atoms with van der Waals surface area (Å²) in [6, 6.07) is 6.36. The van der Waals surface area contributed by atoms with E-state index >= 15 is 0 Å². The van der Waals surface area contributed by atoms with E-state index in [4.69, 9.17) is 11.6 Å². The van der Waals surface area contributed by atoms with Gasteiger partial charge in [0.1, 0.15) is 5.82 Å². The van der Waals surface area contributed by atoms with Crippen LogP contribution in [0.2, 0.25) is 5.02 Å². The molecule has 104 valence electrons. The molecule has 0 spiro atoms. The Morgan fingerprint density at radius 2 is 2.25 bits per heavy atom. The van der Waals surface area contributed by atoms with Gasteiger partial charge in [0, 0.05) is 22.7 Å². The molecular formula is C14H13ClFN3O. The predicted octanol–water partition coefficient (Wildman–Crippen LogP) is 2.66. The Balaban J connectivity index is 1.85. The Hall–Kier alpha value is -1.88. The first kappa shape index (κ1) is 13.1. The summed E-state index contributed by atoms with van der Waals surface area (Å²) >= 11 is 5.94. The number of benzene rings is 1. The minimum Gasteiger partial charge on any atom is -0.381 e. The third-order valence-corrected chi connectivity index (χ3v) is 3.54. The number of halogens is 2. The smallest absolute Gasteiger partial charge is 0.269 e. The van der Waals surface area contributed by atoms with Crippen molar-refractivity contribution in [2.45, 2.75) is 25.4 Å². The van der Waals surface area contributed by atoms with Gasteiger partial charge in [0.15, 0.2) is 0 Å². The third-order valence-electron chi connectivity index (χ3n) is 3.19. The van der Waals surface area contributed by atoms with Crippen molar-refractivity contribution >= 4 is 17.3 Å². The maximum atomic E-state index is 13.7. The highest BCUT2D eigenvalue weighted by molar-refractivity contribution is 6.31. The number of nitrogens with zero attached hydrogens (tertiary/aromatic N) is 2. The summed E-state index contributed by atoms with van der Waals surface area (Å²) in [6.07, 6.45) is 3.82. The molecule has 0 saturated heterocycles. The van der Waals surface area contributed by atoms with E-state index in [1.165, 1.54) is 22.9 Å². The molecule has 0 atom stereocenters. The first-order valence-electron chi connectivity index (χ1n) is 6.40. The zero-order valence-electron chi connectivity index (χ0n) is 10.6. The van der Waals surface area contributed by atoms with E-state index in [0.717, 1.165) is 12.8 Å². The Labute approximate surface area is 120 Å². The number of nitrogens with one attached hydrogen (secondary N) is 1. The molecule has 1 N–H and O–H groups in total. The maximum Gasteiger partial charge on any atom is 0.269 e. The van der Waals surface area contributed by atoms with Crippen molar-refractivity contribution in [1.82, 2.24) is 9.78 Å². The summed E-state index contributed by atoms with van der Waals surface area (Å²) in [6.45, 7) is 0.0219. The molecular weight excluding hydrogens is 281 g/mol. The molecule has 3 rings (SSSR count). The summed E-state index contributed by atoms with van der Waals surface area (Å²) in [5.74, 6) is -0.439. The lowest BCUT2D eigenvalue weighted by Gasteiger charge is -2.09. The van der Waals surface area contributed by atoms with Crippen LogP contribution in [-0.4, -0.2) is 15.8 Å². The van der Waals surface area contributed by atoms with E-state index < -0.39 is 5.82 Å². The van der Waals surface area contributed by atoms with Crippen LogP contribution >= 0.6 is 11.6 Å². The predicted molar refractivity (Wildman–Crippen MR) is 75.7 cm³/mol. The van der Waals surface area contributed by atoms with Gasteiger partial charge in [0.2, 0.25) is 0 Å². The van der Waals surface area contributed by atoms with Gasteiger partial charge in [-0.2, -0.15) is 5.10 Å². The summed E-state index contributed by atoms with van der Waals surface area (Å²) in [7, 11) is 0. The Bertz CT molecular complexity index is 677. The summed E-state index contributed by atoms with van der Waals surface area (Å²) in [4.78, 5) is 12.0. The van der Waals surface area contributed by atoms with E-state index in [2.05, 4.69) is 10.4 Å². The second kappa shape index (κ2) is 5.25. The number of rotatable bonds is 4. The number of anilines is 1. The first-order valence-corrected chi connectivity index (χ1v) is 6.78. The molecule has 1 fully saturated rings.